The molecule has 124 valence electrons. The molecule has 0 radical (unpaired) electrons. The van der Waals surface area contributed by atoms with Crippen LogP contribution in [0.15, 0.2) is 54.6 Å². The summed E-state index contributed by atoms with van der Waals surface area (Å²) in [6.45, 7) is 5.14. The van der Waals surface area contributed by atoms with Gasteiger partial charge in [0.15, 0.2) is 0 Å². The minimum atomic E-state index is 0.341. The van der Waals surface area contributed by atoms with Gasteiger partial charge in [-0.15, -0.1) is 0 Å². The Morgan fingerprint density at radius 2 is 1.96 bits per heavy atom. The fourth-order valence-electron chi connectivity index (χ4n) is 2.23. The number of nitrogens with zero attached hydrogens (tertiary/aromatic N) is 4. The number of para-hydroxylation sites is 1. The van der Waals surface area contributed by atoms with Gasteiger partial charge in [-0.05, 0) is 53.6 Å². The first-order valence-electron chi connectivity index (χ1n) is 8.10. The molecule has 1 heterocycles. The van der Waals surface area contributed by atoms with Crippen molar-refractivity contribution in [3.63, 3.8) is 0 Å². The molecule has 1 aromatic heterocycles. The van der Waals surface area contributed by atoms with Crippen molar-refractivity contribution in [2.75, 3.05) is 0 Å². The van der Waals surface area contributed by atoms with Gasteiger partial charge < -0.3 is 10.1 Å². The van der Waals surface area contributed by atoms with E-state index in [0.717, 1.165) is 24.2 Å². The first-order valence-corrected chi connectivity index (χ1v) is 8.10. The summed E-state index contributed by atoms with van der Waals surface area (Å²) in [6, 6.07) is 18.4. The van der Waals surface area contributed by atoms with Gasteiger partial charge in [0.25, 0.3) is 0 Å². The van der Waals surface area contributed by atoms with Gasteiger partial charge in [0.05, 0.1) is 5.69 Å². The predicted molar refractivity (Wildman–Crippen MR) is 92.3 cm³/mol. The zero-order valence-corrected chi connectivity index (χ0v) is 13.9. The molecule has 2 aromatic carbocycles. The molecule has 0 fully saturated rings. The molecular formula is C18H21N5O. The van der Waals surface area contributed by atoms with Crippen molar-refractivity contribution in [1.82, 2.24) is 25.5 Å². The van der Waals surface area contributed by atoms with Crippen LogP contribution in [0.2, 0.25) is 0 Å². The highest BCUT2D eigenvalue weighted by atomic mass is 16.5. The Morgan fingerprint density at radius 3 is 2.75 bits per heavy atom. The van der Waals surface area contributed by atoms with Crippen molar-refractivity contribution in [3.8, 4) is 17.4 Å². The summed E-state index contributed by atoms with van der Waals surface area (Å²) < 4.78 is 7.45. The molecule has 0 saturated heterocycles. The number of aromatic nitrogens is 4. The van der Waals surface area contributed by atoms with E-state index < -0.39 is 0 Å². The van der Waals surface area contributed by atoms with Crippen LogP contribution < -0.4 is 10.1 Å². The number of ether oxygens (including phenoxy) is 1. The Hall–Kier alpha value is -2.73. The van der Waals surface area contributed by atoms with Crippen LogP contribution in [0.25, 0.3) is 5.69 Å². The molecule has 3 aromatic rings. The van der Waals surface area contributed by atoms with Crippen molar-refractivity contribution in [3.05, 3.63) is 60.2 Å². The van der Waals surface area contributed by atoms with Crippen LogP contribution in [-0.4, -0.2) is 26.2 Å². The molecule has 0 aliphatic rings. The topological polar surface area (TPSA) is 64.9 Å². The van der Waals surface area contributed by atoms with E-state index in [9.17, 15) is 0 Å². The molecule has 6 nitrogen and oxygen atoms in total. The van der Waals surface area contributed by atoms with Gasteiger partial charge in [0.1, 0.15) is 5.75 Å². The maximum atomic E-state index is 5.88. The lowest BCUT2D eigenvalue weighted by atomic mass is 10.2. The third-order valence-electron chi connectivity index (χ3n) is 3.82. The lowest BCUT2D eigenvalue weighted by Crippen LogP contribution is -2.24. The van der Waals surface area contributed by atoms with Crippen LogP contribution in [0.4, 0.5) is 0 Å². The normalized spacial score (nSPS) is 12.1. The Labute approximate surface area is 141 Å². The highest BCUT2D eigenvalue weighted by molar-refractivity contribution is 5.34. The van der Waals surface area contributed by atoms with Crippen LogP contribution in [0, 0.1) is 0 Å². The largest absolute Gasteiger partial charge is 0.423 e. The van der Waals surface area contributed by atoms with Gasteiger partial charge >= 0.3 is 6.01 Å². The third-order valence-corrected chi connectivity index (χ3v) is 3.82. The number of rotatable bonds is 7. The molecule has 24 heavy (non-hydrogen) atoms. The monoisotopic (exact) mass is 323 g/mol. The maximum absolute atomic E-state index is 5.88. The van der Waals surface area contributed by atoms with E-state index in [0.29, 0.717) is 17.8 Å². The SMILES string of the molecule is CC[C@@H](C)NCc1cccc(Oc2nnnn2-c2ccccc2)c1. The first kappa shape index (κ1) is 16.1. The average Bonchev–Trinajstić information content (AvgIpc) is 3.09. The first-order chi connectivity index (χ1) is 11.8. The van der Waals surface area contributed by atoms with E-state index in [1.165, 1.54) is 0 Å². The van der Waals surface area contributed by atoms with E-state index in [1.807, 2.05) is 48.5 Å². The quantitative estimate of drug-likeness (QED) is 0.722. The third kappa shape index (κ3) is 3.97. The van der Waals surface area contributed by atoms with E-state index in [4.69, 9.17) is 4.74 Å². The highest BCUT2D eigenvalue weighted by Gasteiger charge is 2.10. The maximum Gasteiger partial charge on any atom is 0.345 e. The molecule has 0 amide bonds. The second-order valence-corrected chi connectivity index (χ2v) is 5.65. The van der Waals surface area contributed by atoms with Crippen LogP contribution >= 0.6 is 0 Å². The van der Waals surface area contributed by atoms with E-state index in [1.54, 1.807) is 4.68 Å². The number of nitrogens with one attached hydrogen (secondary N) is 1. The van der Waals surface area contributed by atoms with Gasteiger partial charge in [-0.1, -0.05) is 42.4 Å². The zero-order valence-electron chi connectivity index (χ0n) is 13.9. The summed E-state index contributed by atoms with van der Waals surface area (Å²) in [6.07, 6.45) is 1.10. The average molecular weight is 323 g/mol. The van der Waals surface area contributed by atoms with Crippen LogP contribution in [-0.2, 0) is 6.54 Å². The fraction of sp³-hybridized carbons (Fsp3) is 0.278. The fourth-order valence-corrected chi connectivity index (χ4v) is 2.23. The Morgan fingerprint density at radius 1 is 1.12 bits per heavy atom. The summed E-state index contributed by atoms with van der Waals surface area (Å²) in [5.74, 6) is 0.713. The van der Waals surface area contributed by atoms with Crippen LogP contribution in [0.3, 0.4) is 0 Å². The molecule has 0 aliphatic carbocycles. The van der Waals surface area contributed by atoms with Gasteiger partial charge in [-0.2, -0.15) is 4.68 Å². The number of hydrogen-bond donors (Lipinski definition) is 1. The van der Waals surface area contributed by atoms with Crippen molar-refractivity contribution in [2.24, 2.45) is 0 Å². The number of benzene rings is 2. The number of tetrazole rings is 1. The smallest absolute Gasteiger partial charge is 0.345 e. The summed E-state index contributed by atoms with van der Waals surface area (Å²) in [5.41, 5.74) is 2.01. The van der Waals surface area contributed by atoms with Gasteiger partial charge in [-0.3, -0.25) is 0 Å². The van der Waals surface area contributed by atoms with Gasteiger partial charge in [-0.25, -0.2) is 0 Å². The predicted octanol–water partition coefficient (Wildman–Crippen LogP) is 3.34. The second-order valence-electron chi connectivity index (χ2n) is 5.65. The summed E-state index contributed by atoms with van der Waals surface area (Å²) in [7, 11) is 0. The summed E-state index contributed by atoms with van der Waals surface area (Å²) >= 11 is 0. The Kier molecular flexibility index (Phi) is 5.18. The van der Waals surface area contributed by atoms with Crippen molar-refractivity contribution in [2.45, 2.75) is 32.9 Å². The molecule has 6 heteroatoms. The van der Waals surface area contributed by atoms with Crippen LogP contribution in [0.1, 0.15) is 25.8 Å². The summed E-state index contributed by atoms with van der Waals surface area (Å²) in [4.78, 5) is 0. The minimum absolute atomic E-state index is 0.341. The second kappa shape index (κ2) is 7.70. The molecule has 1 atom stereocenters. The minimum Gasteiger partial charge on any atom is -0.423 e. The van der Waals surface area contributed by atoms with E-state index in [-0.39, 0.29) is 0 Å². The molecule has 3 rings (SSSR count). The van der Waals surface area contributed by atoms with Gasteiger partial charge in [0, 0.05) is 12.6 Å². The molecule has 0 aliphatic heterocycles. The number of hydrogen-bond acceptors (Lipinski definition) is 5. The van der Waals surface area contributed by atoms with Gasteiger partial charge in [0.2, 0.25) is 0 Å². The lowest BCUT2D eigenvalue weighted by Gasteiger charge is -2.12. The Bertz CT molecular complexity index is 772. The summed E-state index contributed by atoms with van der Waals surface area (Å²) in [5, 5.41) is 15.1. The zero-order chi connectivity index (χ0) is 16.8. The highest BCUT2D eigenvalue weighted by Crippen LogP contribution is 2.22. The molecule has 0 bridgehead atoms. The standard InChI is InChI=1S/C18H21N5O/c1-3-14(2)19-13-15-8-7-11-17(12-15)24-18-20-21-22-23(18)16-9-5-4-6-10-16/h4-12,14,19H,3,13H2,1-2H3/t14-/m1/s1. The molecule has 0 saturated carbocycles. The molecule has 0 spiro atoms. The molecule has 0 unspecified atom stereocenters. The van der Waals surface area contributed by atoms with Crippen molar-refractivity contribution >= 4 is 0 Å². The Balaban J connectivity index is 1.74. The van der Waals surface area contributed by atoms with E-state index >= 15 is 0 Å². The molecule has 1 N–H and O–H groups in total. The molecular weight excluding hydrogens is 302 g/mol. The van der Waals surface area contributed by atoms with Crippen molar-refractivity contribution < 1.29 is 4.74 Å². The van der Waals surface area contributed by atoms with Crippen molar-refractivity contribution in [1.29, 1.82) is 0 Å². The van der Waals surface area contributed by atoms with E-state index in [2.05, 4.69) is 40.8 Å². The lowest BCUT2D eigenvalue weighted by molar-refractivity contribution is 0.426. The van der Waals surface area contributed by atoms with Crippen LogP contribution in [0.5, 0.6) is 11.8 Å².